The van der Waals surface area contributed by atoms with Crippen molar-refractivity contribution in [1.29, 1.82) is 0 Å². The SMILES string of the molecule is Cc1ccc(-n2nnc(C(=O)OCc3cccc(F)c3)c2C)cc1C. The number of esters is 1. The number of hydrogen-bond acceptors (Lipinski definition) is 4. The molecule has 0 saturated heterocycles. The minimum absolute atomic E-state index is 0.0213. The third kappa shape index (κ3) is 3.57. The fraction of sp³-hybridized carbons (Fsp3) is 0.211. The zero-order chi connectivity index (χ0) is 18.0. The Morgan fingerprint density at radius 2 is 1.92 bits per heavy atom. The predicted molar refractivity (Wildman–Crippen MR) is 91.1 cm³/mol. The van der Waals surface area contributed by atoms with Gasteiger partial charge in [-0.15, -0.1) is 5.10 Å². The highest BCUT2D eigenvalue weighted by molar-refractivity contribution is 5.88. The lowest BCUT2D eigenvalue weighted by molar-refractivity contribution is 0.0464. The topological polar surface area (TPSA) is 57.0 Å². The number of nitrogens with zero attached hydrogens (tertiary/aromatic N) is 3. The van der Waals surface area contributed by atoms with Crippen molar-refractivity contribution in [3.8, 4) is 5.69 Å². The Bertz CT molecular complexity index is 934. The molecule has 0 aliphatic rings. The van der Waals surface area contributed by atoms with Crippen LogP contribution in [0, 0.1) is 26.6 Å². The summed E-state index contributed by atoms with van der Waals surface area (Å²) >= 11 is 0. The van der Waals surface area contributed by atoms with Crippen LogP contribution in [0.2, 0.25) is 0 Å². The Hall–Kier alpha value is -3.02. The molecule has 6 heteroatoms. The molecule has 0 spiro atoms. The van der Waals surface area contributed by atoms with Gasteiger partial charge in [0.25, 0.3) is 0 Å². The minimum atomic E-state index is -0.586. The molecule has 0 atom stereocenters. The zero-order valence-electron chi connectivity index (χ0n) is 14.3. The first-order valence-corrected chi connectivity index (χ1v) is 7.87. The van der Waals surface area contributed by atoms with Crippen LogP contribution in [0.25, 0.3) is 5.69 Å². The summed E-state index contributed by atoms with van der Waals surface area (Å²) in [6.07, 6.45) is 0. The van der Waals surface area contributed by atoms with E-state index in [1.54, 1.807) is 23.7 Å². The first kappa shape index (κ1) is 16.8. The van der Waals surface area contributed by atoms with Gasteiger partial charge in [-0.3, -0.25) is 0 Å². The van der Waals surface area contributed by atoms with Gasteiger partial charge in [0.15, 0.2) is 5.69 Å². The number of carbonyl (C=O) groups excluding carboxylic acids is 1. The number of benzene rings is 2. The molecule has 0 aliphatic heterocycles. The summed E-state index contributed by atoms with van der Waals surface area (Å²) < 4.78 is 20.0. The molecule has 1 aromatic heterocycles. The van der Waals surface area contributed by atoms with E-state index in [0.29, 0.717) is 11.3 Å². The predicted octanol–water partition coefficient (Wildman–Crippen LogP) is 3.69. The number of aromatic nitrogens is 3. The van der Waals surface area contributed by atoms with Gasteiger partial charge in [0.1, 0.15) is 12.4 Å². The van der Waals surface area contributed by atoms with Gasteiger partial charge < -0.3 is 4.74 Å². The van der Waals surface area contributed by atoms with Gasteiger partial charge in [-0.05, 0) is 61.7 Å². The molecule has 0 unspecified atom stereocenters. The standard InChI is InChI=1S/C19H18FN3O2/c1-12-7-8-17(9-13(12)2)23-14(3)18(21-22-23)19(24)25-11-15-5-4-6-16(20)10-15/h4-10H,11H2,1-3H3. The average Bonchev–Trinajstić information content (AvgIpc) is 2.97. The normalized spacial score (nSPS) is 10.7. The number of hydrogen-bond donors (Lipinski definition) is 0. The molecule has 128 valence electrons. The van der Waals surface area contributed by atoms with Gasteiger partial charge in [-0.1, -0.05) is 23.4 Å². The van der Waals surface area contributed by atoms with Crippen LogP contribution in [0.1, 0.15) is 32.9 Å². The molecule has 0 bridgehead atoms. The number of ether oxygens (including phenoxy) is 1. The molecule has 0 saturated carbocycles. The molecule has 3 aromatic rings. The number of carbonyl (C=O) groups is 1. The molecule has 25 heavy (non-hydrogen) atoms. The highest BCUT2D eigenvalue weighted by atomic mass is 19.1. The second kappa shape index (κ2) is 6.84. The third-order valence-corrected chi connectivity index (χ3v) is 4.08. The molecule has 0 amide bonds. The lowest BCUT2D eigenvalue weighted by Gasteiger charge is -2.07. The Morgan fingerprint density at radius 3 is 2.64 bits per heavy atom. The van der Waals surface area contributed by atoms with Crippen molar-refractivity contribution < 1.29 is 13.9 Å². The first-order chi connectivity index (χ1) is 12.0. The Balaban J connectivity index is 1.78. The summed E-state index contributed by atoms with van der Waals surface area (Å²) in [6.45, 7) is 5.78. The highest BCUT2D eigenvalue weighted by Crippen LogP contribution is 2.17. The molecular formula is C19H18FN3O2. The van der Waals surface area contributed by atoms with E-state index in [9.17, 15) is 9.18 Å². The summed E-state index contributed by atoms with van der Waals surface area (Å²) in [7, 11) is 0. The van der Waals surface area contributed by atoms with E-state index in [4.69, 9.17) is 4.74 Å². The maximum atomic E-state index is 13.2. The molecule has 0 fully saturated rings. The van der Waals surface area contributed by atoms with Crippen molar-refractivity contribution in [2.45, 2.75) is 27.4 Å². The van der Waals surface area contributed by atoms with Gasteiger partial charge in [0.05, 0.1) is 11.4 Å². The number of aryl methyl sites for hydroxylation is 2. The lowest BCUT2D eigenvalue weighted by atomic mass is 10.1. The Morgan fingerprint density at radius 1 is 1.12 bits per heavy atom. The molecule has 1 heterocycles. The Labute approximate surface area is 145 Å². The van der Waals surface area contributed by atoms with Crippen LogP contribution in [-0.4, -0.2) is 21.0 Å². The average molecular weight is 339 g/mol. The van der Waals surface area contributed by atoms with E-state index in [-0.39, 0.29) is 18.1 Å². The van der Waals surface area contributed by atoms with Gasteiger partial charge in [0, 0.05) is 0 Å². The first-order valence-electron chi connectivity index (χ1n) is 7.87. The maximum absolute atomic E-state index is 13.2. The van der Waals surface area contributed by atoms with E-state index in [1.165, 1.54) is 17.7 Å². The second-order valence-electron chi connectivity index (χ2n) is 5.91. The second-order valence-corrected chi connectivity index (χ2v) is 5.91. The van der Waals surface area contributed by atoms with E-state index in [2.05, 4.69) is 10.3 Å². The summed E-state index contributed by atoms with van der Waals surface area (Å²) in [5.74, 6) is -0.956. The van der Waals surface area contributed by atoms with Crippen LogP contribution in [0.4, 0.5) is 4.39 Å². The molecule has 0 radical (unpaired) electrons. The quantitative estimate of drug-likeness (QED) is 0.680. The molecule has 2 aromatic carbocycles. The molecule has 0 N–H and O–H groups in total. The van der Waals surface area contributed by atoms with Crippen molar-refractivity contribution in [3.05, 3.63) is 76.4 Å². The van der Waals surface area contributed by atoms with Crippen LogP contribution < -0.4 is 0 Å². The van der Waals surface area contributed by atoms with Crippen LogP contribution in [0.3, 0.4) is 0 Å². The van der Waals surface area contributed by atoms with Gasteiger partial charge in [0.2, 0.25) is 0 Å². The van der Waals surface area contributed by atoms with Crippen LogP contribution in [0.15, 0.2) is 42.5 Å². The zero-order valence-corrected chi connectivity index (χ0v) is 14.3. The van der Waals surface area contributed by atoms with Crippen molar-refractivity contribution in [2.24, 2.45) is 0 Å². The van der Waals surface area contributed by atoms with Gasteiger partial charge in [-0.25, -0.2) is 13.9 Å². The van der Waals surface area contributed by atoms with E-state index in [1.807, 2.05) is 32.0 Å². The van der Waals surface area contributed by atoms with Crippen molar-refractivity contribution in [2.75, 3.05) is 0 Å². The number of rotatable bonds is 4. The minimum Gasteiger partial charge on any atom is -0.456 e. The summed E-state index contributed by atoms with van der Waals surface area (Å²) in [6, 6.07) is 11.8. The fourth-order valence-corrected chi connectivity index (χ4v) is 2.46. The smallest absolute Gasteiger partial charge is 0.361 e. The van der Waals surface area contributed by atoms with Crippen molar-refractivity contribution in [1.82, 2.24) is 15.0 Å². The van der Waals surface area contributed by atoms with Crippen LogP contribution in [-0.2, 0) is 11.3 Å². The summed E-state index contributed by atoms with van der Waals surface area (Å²) in [4.78, 5) is 12.3. The monoisotopic (exact) mass is 339 g/mol. The molecular weight excluding hydrogens is 321 g/mol. The van der Waals surface area contributed by atoms with E-state index >= 15 is 0 Å². The van der Waals surface area contributed by atoms with Crippen LogP contribution in [0.5, 0.6) is 0 Å². The van der Waals surface area contributed by atoms with Gasteiger partial charge in [-0.2, -0.15) is 0 Å². The largest absolute Gasteiger partial charge is 0.456 e. The number of halogens is 1. The maximum Gasteiger partial charge on any atom is 0.361 e. The van der Waals surface area contributed by atoms with E-state index < -0.39 is 5.97 Å². The molecule has 3 rings (SSSR count). The highest BCUT2D eigenvalue weighted by Gasteiger charge is 2.19. The third-order valence-electron chi connectivity index (χ3n) is 4.08. The summed E-state index contributed by atoms with van der Waals surface area (Å²) in [5, 5.41) is 7.99. The van der Waals surface area contributed by atoms with Crippen molar-refractivity contribution >= 4 is 5.97 Å². The molecule has 5 nitrogen and oxygen atoms in total. The molecule has 0 aliphatic carbocycles. The van der Waals surface area contributed by atoms with Crippen molar-refractivity contribution in [3.63, 3.8) is 0 Å². The summed E-state index contributed by atoms with van der Waals surface area (Å²) in [5.41, 5.74) is 4.45. The van der Waals surface area contributed by atoms with E-state index in [0.717, 1.165) is 11.3 Å². The lowest BCUT2D eigenvalue weighted by Crippen LogP contribution is -2.08. The Kier molecular flexibility index (Phi) is 4.61. The van der Waals surface area contributed by atoms with Crippen LogP contribution >= 0.6 is 0 Å². The fourth-order valence-electron chi connectivity index (χ4n) is 2.46. The van der Waals surface area contributed by atoms with Gasteiger partial charge >= 0.3 is 5.97 Å².